The first-order valence-corrected chi connectivity index (χ1v) is 9.00. The molecule has 0 atom stereocenters. The van der Waals surface area contributed by atoms with E-state index in [1.807, 2.05) is 17.8 Å². The Kier molecular flexibility index (Phi) is 9.26. The minimum Gasteiger partial charge on any atom is -0.378 e. The monoisotopic (exact) mass is 366 g/mol. The number of ether oxygens (including phenoxy) is 3. The van der Waals surface area contributed by atoms with Crippen molar-refractivity contribution in [1.82, 2.24) is 29.9 Å². The zero-order valence-corrected chi connectivity index (χ0v) is 15.9. The molecule has 2 aromatic heterocycles. The SMILES string of the molecule is CC(C)NCCOCCOCCOCCn1cc(-c2cncn2C)nn1. The van der Waals surface area contributed by atoms with Crippen molar-refractivity contribution in [3.63, 3.8) is 0 Å². The maximum Gasteiger partial charge on any atom is 0.131 e. The number of aryl methyl sites for hydroxylation is 1. The third kappa shape index (κ3) is 7.61. The molecule has 2 aromatic rings. The van der Waals surface area contributed by atoms with Crippen LogP contribution < -0.4 is 5.32 Å². The van der Waals surface area contributed by atoms with E-state index in [0.717, 1.165) is 17.9 Å². The second-order valence-electron chi connectivity index (χ2n) is 6.20. The lowest BCUT2D eigenvalue weighted by atomic mass is 10.3. The zero-order chi connectivity index (χ0) is 18.6. The van der Waals surface area contributed by atoms with E-state index in [4.69, 9.17) is 14.2 Å². The highest BCUT2D eigenvalue weighted by molar-refractivity contribution is 5.51. The second-order valence-corrected chi connectivity index (χ2v) is 6.20. The van der Waals surface area contributed by atoms with Crippen LogP contribution in [0.1, 0.15) is 13.8 Å². The van der Waals surface area contributed by atoms with Crippen molar-refractivity contribution in [2.24, 2.45) is 7.05 Å². The van der Waals surface area contributed by atoms with Gasteiger partial charge in [0.1, 0.15) is 5.69 Å². The highest BCUT2D eigenvalue weighted by atomic mass is 16.5. The largest absolute Gasteiger partial charge is 0.378 e. The predicted octanol–water partition coefficient (Wildman–Crippen LogP) is 0.726. The van der Waals surface area contributed by atoms with Crippen LogP contribution in [0.3, 0.4) is 0 Å². The van der Waals surface area contributed by atoms with Gasteiger partial charge in [0, 0.05) is 19.6 Å². The molecule has 26 heavy (non-hydrogen) atoms. The van der Waals surface area contributed by atoms with Gasteiger partial charge in [-0.3, -0.25) is 0 Å². The van der Waals surface area contributed by atoms with Gasteiger partial charge in [0.05, 0.1) is 70.6 Å². The van der Waals surface area contributed by atoms with Crippen LogP contribution in [0.5, 0.6) is 0 Å². The second kappa shape index (κ2) is 11.7. The molecule has 0 aliphatic rings. The first kappa shape index (κ1) is 20.5. The van der Waals surface area contributed by atoms with E-state index in [1.54, 1.807) is 17.2 Å². The predicted molar refractivity (Wildman–Crippen MR) is 97.8 cm³/mol. The summed E-state index contributed by atoms with van der Waals surface area (Å²) in [5.41, 5.74) is 1.74. The molecular weight excluding hydrogens is 336 g/mol. The van der Waals surface area contributed by atoms with Gasteiger partial charge in [-0.05, 0) is 0 Å². The Morgan fingerprint density at radius 2 is 1.73 bits per heavy atom. The van der Waals surface area contributed by atoms with E-state index < -0.39 is 0 Å². The number of imidazole rings is 1. The number of nitrogens with zero attached hydrogens (tertiary/aromatic N) is 5. The fraction of sp³-hybridized carbons (Fsp3) is 0.706. The fourth-order valence-corrected chi connectivity index (χ4v) is 2.25. The normalized spacial score (nSPS) is 11.5. The maximum atomic E-state index is 5.55. The van der Waals surface area contributed by atoms with Gasteiger partial charge in [-0.1, -0.05) is 19.1 Å². The molecule has 2 heterocycles. The van der Waals surface area contributed by atoms with E-state index >= 15 is 0 Å². The molecule has 2 rings (SSSR count). The van der Waals surface area contributed by atoms with Crippen molar-refractivity contribution in [3.8, 4) is 11.4 Å². The molecule has 9 nitrogen and oxygen atoms in total. The van der Waals surface area contributed by atoms with Crippen molar-refractivity contribution in [2.75, 3.05) is 46.2 Å². The Balaban J connectivity index is 1.44. The molecule has 0 saturated heterocycles. The summed E-state index contributed by atoms with van der Waals surface area (Å²) < 4.78 is 20.1. The van der Waals surface area contributed by atoms with Crippen molar-refractivity contribution < 1.29 is 14.2 Å². The topological polar surface area (TPSA) is 88.2 Å². The van der Waals surface area contributed by atoms with E-state index in [1.165, 1.54) is 0 Å². The van der Waals surface area contributed by atoms with Crippen LogP contribution in [0.25, 0.3) is 11.4 Å². The first-order chi connectivity index (χ1) is 12.7. The lowest BCUT2D eigenvalue weighted by Gasteiger charge is -2.09. The lowest BCUT2D eigenvalue weighted by molar-refractivity contribution is 0.0131. The third-order valence-electron chi connectivity index (χ3n) is 3.63. The minimum atomic E-state index is 0.492. The smallest absolute Gasteiger partial charge is 0.131 e. The highest BCUT2D eigenvalue weighted by Gasteiger charge is 2.07. The third-order valence-corrected chi connectivity index (χ3v) is 3.63. The quantitative estimate of drug-likeness (QED) is 0.493. The van der Waals surface area contributed by atoms with Gasteiger partial charge < -0.3 is 24.1 Å². The Bertz CT molecular complexity index is 613. The molecule has 0 bridgehead atoms. The summed E-state index contributed by atoms with van der Waals surface area (Å²) in [6.45, 7) is 9.33. The molecule has 0 amide bonds. The van der Waals surface area contributed by atoms with E-state index in [9.17, 15) is 0 Å². The van der Waals surface area contributed by atoms with Crippen LogP contribution in [0.2, 0.25) is 0 Å². The van der Waals surface area contributed by atoms with Crippen LogP contribution >= 0.6 is 0 Å². The van der Waals surface area contributed by atoms with E-state index in [2.05, 4.69) is 34.5 Å². The summed E-state index contributed by atoms with van der Waals surface area (Å²) in [4.78, 5) is 4.08. The van der Waals surface area contributed by atoms with Crippen molar-refractivity contribution in [1.29, 1.82) is 0 Å². The molecule has 0 aliphatic heterocycles. The summed E-state index contributed by atoms with van der Waals surface area (Å²) in [5.74, 6) is 0. The van der Waals surface area contributed by atoms with Crippen LogP contribution in [-0.4, -0.2) is 76.8 Å². The van der Waals surface area contributed by atoms with Gasteiger partial charge in [0.25, 0.3) is 0 Å². The van der Waals surface area contributed by atoms with Crippen LogP contribution in [0, 0.1) is 0 Å². The van der Waals surface area contributed by atoms with Gasteiger partial charge in [0.15, 0.2) is 0 Å². The standard InChI is InChI=1S/C17H30N6O3/c1-15(2)19-4-6-24-8-10-26-11-9-25-7-5-23-13-16(20-21-23)17-12-18-14-22(17)3/h12-15,19H,4-11H2,1-3H3. The molecule has 0 aliphatic carbocycles. The fourth-order valence-electron chi connectivity index (χ4n) is 2.25. The number of hydrogen-bond donors (Lipinski definition) is 1. The Morgan fingerprint density at radius 1 is 1.04 bits per heavy atom. The van der Waals surface area contributed by atoms with Crippen molar-refractivity contribution in [3.05, 3.63) is 18.7 Å². The van der Waals surface area contributed by atoms with Crippen molar-refractivity contribution in [2.45, 2.75) is 26.4 Å². The number of aromatic nitrogens is 5. The van der Waals surface area contributed by atoms with E-state index in [0.29, 0.717) is 52.2 Å². The molecule has 0 fully saturated rings. The summed E-state index contributed by atoms with van der Waals surface area (Å²) in [6.07, 6.45) is 5.40. The summed E-state index contributed by atoms with van der Waals surface area (Å²) in [7, 11) is 1.93. The highest BCUT2D eigenvalue weighted by Crippen LogP contribution is 2.13. The molecule has 0 spiro atoms. The Hall–Kier alpha value is -1.81. The number of rotatable bonds is 14. The van der Waals surface area contributed by atoms with Gasteiger partial charge >= 0.3 is 0 Å². The summed E-state index contributed by atoms with van der Waals surface area (Å²) in [5, 5.41) is 11.5. The molecule has 9 heteroatoms. The van der Waals surface area contributed by atoms with Gasteiger partial charge in [-0.15, -0.1) is 5.10 Å². The summed E-state index contributed by atoms with van der Waals surface area (Å²) in [6, 6.07) is 0.492. The molecule has 1 N–H and O–H groups in total. The lowest BCUT2D eigenvalue weighted by Crippen LogP contribution is -2.27. The maximum absolute atomic E-state index is 5.55. The van der Waals surface area contributed by atoms with Crippen LogP contribution in [0.4, 0.5) is 0 Å². The van der Waals surface area contributed by atoms with Gasteiger partial charge in [-0.25, -0.2) is 9.67 Å². The number of nitrogens with one attached hydrogen (secondary N) is 1. The summed E-state index contributed by atoms with van der Waals surface area (Å²) >= 11 is 0. The Morgan fingerprint density at radius 3 is 2.38 bits per heavy atom. The van der Waals surface area contributed by atoms with Crippen molar-refractivity contribution >= 4 is 0 Å². The molecule has 0 unspecified atom stereocenters. The van der Waals surface area contributed by atoms with Crippen LogP contribution in [-0.2, 0) is 27.8 Å². The van der Waals surface area contributed by atoms with Gasteiger partial charge in [-0.2, -0.15) is 0 Å². The molecule has 146 valence electrons. The van der Waals surface area contributed by atoms with Crippen LogP contribution in [0.15, 0.2) is 18.7 Å². The molecule has 0 radical (unpaired) electrons. The van der Waals surface area contributed by atoms with E-state index in [-0.39, 0.29) is 0 Å². The molecule has 0 aromatic carbocycles. The first-order valence-electron chi connectivity index (χ1n) is 9.00. The minimum absolute atomic E-state index is 0.492. The zero-order valence-electron chi connectivity index (χ0n) is 15.9. The Labute approximate surface area is 154 Å². The number of hydrogen-bond acceptors (Lipinski definition) is 7. The molecular formula is C17H30N6O3. The molecule has 0 saturated carbocycles. The average Bonchev–Trinajstić information content (AvgIpc) is 3.24. The average molecular weight is 366 g/mol. The van der Waals surface area contributed by atoms with Gasteiger partial charge in [0.2, 0.25) is 0 Å².